The molecular weight excluding hydrogens is 312 g/mol. The Morgan fingerprint density at radius 1 is 1.12 bits per heavy atom. The van der Waals surface area contributed by atoms with E-state index in [-0.39, 0.29) is 18.1 Å². The maximum atomic E-state index is 12.8. The molecule has 1 aromatic rings. The van der Waals surface area contributed by atoms with E-state index >= 15 is 0 Å². The van der Waals surface area contributed by atoms with Gasteiger partial charge in [0.1, 0.15) is 0 Å². The molecule has 2 saturated heterocycles. The van der Waals surface area contributed by atoms with E-state index in [0.717, 1.165) is 57.4 Å². The number of carbonyl (C=O) groups excluding carboxylic acids is 1. The third-order valence-electron chi connectivity index (χ3n) is 6.48. The highest BCUT2D eigenvalue weighted by molar-refractivity contribution is 5.79. The predicted molar refractivity (Wildman–Crippen MR) is 98.2 cm³/mol. The molecule has 0 saturated carbocycles. The molecule has 4 nitrogen and oxygen atoms in total. The van der Waals surface area contributed by atoms with Crippen molar-refractivity contribution in [2.24, 2.45) is 11.8 Å². The summed E-state index contributed by atoms with van der Waals surface area (Å²) in [5.41, 5.74) is 2.37. The first kappa shape index (κ1) is 17.0. The summed E-state index contributed by atoms with van der Waals surface area (Å²) in [6.45, 7) is 5.99. The van der Waals surface area contributed by atoms with Crippen LogP contribution < -0.4 is 0 Å². The molecule has 3 atom stereocenters. The fourth-order valence-electron chi connectivity index (χ4n) is 5.01. The van der Waals surface area contributed by atoms with Crippen molar-refractivity contribution in [3.8, 4) is 0 Å². The Balaban J connectivity index is 1.34. The molecular formula is C21H30N2O2. The van der Waals surface area contributed by atoms with Gasteiger partial charge in [0, 0.05) is 25.0 Å². The first-order valence-corrected chi connectivity index (χ1v) is 9.92. The highest BCUT2D eigenvalue weighted by atomic mass is 16.3. The molecule has 1 amide bonds. The van der Waals surface area contributed by atoms with Crippen molar-refractivity contribution in [1.82, 2.24) is 9.80 Å². The Morgan fingerprint density at radius 3 is 2.60 bits per heavy atom. The number of aliphatic hydroxyl groups is 1. The minimum Gasteiger partial charge on any atom is -0.387 e. The number of likely N-dealkylation sites (tertiary alicyclic amines) is 2. The molecule has 2 heterocycles. The minimum absolute atomic E-state index is 0.183. The first-order chi connectivity index (χ1) is 12.1. The zero-order valence-corrected chi connectivity index (χ0v) is 15.2. The molecule has 0 bridgehead atoms. The van der Waals surface area contributed by atoms with Crippen molar-refractivity contribution in [3.05, 3.63) is 35.4 Å². The Labute approximate surface area is 150 Å². The van der Waals surface area contributed by atoms with E-state index in [2.05, 4.69) is 28.9 Å². The molecule has 2 aliphatic heterocycles. The topological polar surface area (TPSA) is 43.8 Å². The summed E-state index contributed by atoms with van der Waals surface area (Å²) in [6, 6.07) is 8.43. The average molecular weight is 342 g/mol. The number of nitrogens with zero attached hydrogens (tertiary/aromatic N) is 2. The van der Waals surface area contributed by atoms with Crippen molar-refractivity contribution in [1.29, 1.82) is 0 Å². The number of aliphatic hydroxyl groups excluding tert-OH is 1. The number of fused-ring (bicyclic) bond motifs is 1. The molecule has 0 radical (unpaired) electrons. The molecule has 2 fully saturated rings. The van der Waals surface area contributed by atoms with Gasteiger partial charge >= 0.3 is 0 Å². The number of hydrogen-bond donors (Lipinski definition) is 1. The van der Waals surface area contributed by atoms with Crippen LogP contribution in [0.15, 0.2) is 24.3 Å². The summed E-state index contributed by atoms with van der Waals surface area (Å²) < 4.78 is 0. The van der Waals surface area contributed by atoms with Gasteiger partial charge in [0.2, 0.25) is 5.91 Å². The van der Waals surface area contributed by atoms with E-state index < -0.39 is 0 Å². The first-order valence-electron chi connectivity index (χ1n) is 9.92. The summed E-state index contributed by atoms with van der Waals surface area (Å²) in [5, 5.41) is 10.7. The van der Waals surface area contributed by atoms with Crippen LogP contribution in [0.25, 0.3) is 0 Å². The predicted octanol–water partition coefficient (Wildman–Crippen LogP) is 2.62. The molecule has 0 spiro atoms. The maximum absolute atomic E-state index is 12.8. The summed E-state index contributed by atoms with van der Waals surface area (Å²) in [5.74, 6) is 1.20. The second-order valence-corrected chi connectivity index (χ2v) is 8.26. The van der Waals surface area contributed by atoms with Crippen LogP contribution in [-0.4, -0.2) is 53.0 Å². The molecule has 25 heavy (non-hydrogen) atoms. The van der Waals surface area contributed by atoms with E-state index in [1.165, 1.54) is 12.0 Å². The van der Waals surface area contributed by atoms with Crippen molar-refractivity contribution in [2.45, 2.75) is 51.2 Å². The van der Waals surface area contributed by atoms with Crippen LogP contribution in [0.5, 0.6) is 0 Å². The van der Waals surface area contributed by atoms with Crippen LogP contribution in [0.3, 0.4) is 0 Å². The molecule has 3 aliphatic rings. The summed E-state index contributed by atoms with van der Waals surface area (Å²) in [7, 11) is 0. The van der Waals surface area contributed by atoms with Crippen LogP contribution >= 0.6 is 0 Å². The zero-order chi connectivity index (χ0) is 17.4. The summed E-state index contributed by atoms with van der Waals surface area (Å²) in [4.78, 5) is 17.3. The fraction of sp³-hybridized carbons (Fsp3) is 0.667. The van der Waals surface area contributed by atoms with Gasteiger partial charge < -0.3 is 10.0 Å². The average Bonchev–Trinajstić information content (AvgIpc) is 2.98. The van der Waals surface area contributed by atoms with Crippen molar-refractivity contribution in [3.63, 3.8) is 0 Å². The lowest BCUT2D eigenvalue weighted by atomic mass is 9.91. The lowest BCUT2D eigenvalue weighted by Crippen LogP contribution is -2.48. The monoisotopic (exact) mass is 342 g/mol. The van der Waals surface area contributed by atoms with Crippen molar-refractivity contribution < 1.29 is 9.90 Å². The van der Waals surface area contributed by atoms with Crippen LogP contribution in [-0.2, 0) is 11.2 Å². The van der Waals surface area contributed by atoms with E-state index in [4.69, 9.17) is 0 Å². The quantitative estimate of drug-likeness (QED) is 0.898. The Hall–Kier alpha value is -1.39. The molecule has 1 aliphatic carbocycles. The number of piperidine rings is 2. The largest absolute Gasteiger partial charge is 0.387 e. The molecule has 0 unspecified atom stereocenters. The molecule has 1 N–H and O–H groups in total. The van der Waals surface area contributed by atoms with Gasteiger partial charge in [0.25, 0.3) is 0 Å². The molecule has 4 rings (SSSR count). The van der Waals surface area contributed by atoms with Crippen LogP contribution in [0.4, 0.5) is 0 Å². The maximum Gasteiger partial charge on any atom is 0.225 e. The van der Waals surface area contributed by atoms with Crippen molar-refractivity contribution >= 4 is 5.91 Å². The molecule has 136 valence electrons. The number of amides is 1. The summed E-state index contributed by atoms with van der Waals surface area (Å²) >= 11 is 0. The SMILES string of the molecule is C[C@@H]1CCCN(C(=O)C2CCN([C@H]3Cc4ccccc4[C@@H]3O)CC2)C1. The molecule has 1 aromatic carbocycles. The van der Waals surface area contributed by atoms with Gasteiger partial charge in [-0.2, -0.15) is 0 Å². The molecule has 0 aromatic heterocycles. The third-order valence-corrected chi connectivity index (χ3v) is 6.48. The minimum atomic E-state index is -0.383. The van der Waals surface area contributed by atoms with E-state index in [1.807, 2.05) is 12.1 Å². The Bertz CT molecular complexity index is 624. The Kier molecular flexibility index (Phi) is 4.83. The number of benzene rings is 1. The van der Waals surface area contributed by atoms with E-state index in [9.17, 15) is 9.90 Å². The van der Waals surface area contributed by atoms with Gasteiger partial charge in [0.15, 0.2) is 0 Å². The van der Waals surface area contributed by atoms with E-state index in [1.54, 1.807) is 0 Å². The lowest BCUT2D eigenvalue weighted by Gasteiger charge is -2.39. The van der Waals surface area contributed by atoms with Gasteiger partial charge in [-0.25, -0.2) is 0 Å². The van der Waals surface area contributed by atoms with Crippen LogP contribution in [0, 0.1) is 11.8 Å². The second kappa shape index (κ2) is 7.08. The normalized spacial score (nSPS) is 31.1. The standard InChI is InChI=1S/C21H30N2O2/c1-15-5-4-10-23(14-15)21(25)16-8-11-22(12-9-16)19-13-17-6-2-3-7-18(17)20(19)24/h2-3,6-7,15-16,19-20,24H,4-5,8-14H2,1H3/t15-,19+,20+/m1/s1. The lowest BCUT2D eigenvalue weighted by molar-refractivity contribution is -0.139. The number of rotatable bonds is 2. The van der Waals surface area contributed by atoms with Crippen molar-refractivity contribution in [2.75, 3.05) is 26.2 Å². The number of carbonyl (C=O) groups is 1. The number of hydrogen-bond acceptors (Lipinski definition) is 3. The highest BCUT2D eigenvalue weighted by Gasteiger charge is 2.38. The summed E-state index contributed by atoms with van der Waals surface area (Å²) in [6.07, 6.45) is 4.82. The van der Waals surface area contributed by atoms with Crippen LogP contribution in [0.2, 0.25) is 0 Å². The highest BCUT2D eigenvalue weighted by Crippen LogP contribution is 2.36. The van der Waals surface area contributed by atoms with Gasteiger partial charge in [-0.05, 0) is 62.2 Å². The third kappa shape index (κ3) is 3.34. The zero-order valence-electron chi connectivity index (χ0n) is 15.2. The smallest absolute Gasteiger partial charge is 0.225 e. The van der Waals surface area contributed by atoms with Gasteiger partial charge in [-0.15, -0.1) is 0 Å². The van der Waals surface area contributed by atoms with Crippen LogP contribution in [0.1, 0.15) is 49.8 Å². The second-order valence-electron chi connectivity index (χ2n) is 8.26. The Morgan fingerprint density at radius 2 is 1.88 bits per heavy atom. The van der Waals surface area contributed by atoms with Gasteiger partial charge in [-0.1, -0.05) is 31.2 Å². The van der Waals surface area contributed by atoms with Gasteiger partial charge in [0.05, 0.1) is 6.10 Å². The molecule has 4 heteroatoms. The van der Waals surface area contributed by atoms with E-state index in [0.29, 0.717) is 11.8 Å². The fourth-order valence-corrected chi connectivity index (χ4v) is 5.01. The van der Waals surface area contributed by atoms with Gasteiger partial charge in [-0.3, -0.25) is 9.69 Å².